The molecule has 0 saturated carbocycles. The minimum Gasteiger partial charge on any atom is -0.481 e. The largest absolute Gasteiger partial charge is 0.481 e. The van der Waals surface area contributed by atoms with Gasteiger partial charge in [0.05, 0.1) is 5.75 Å². The number of carbonyl (C=O) groups is 1. The van der Waals surface area contributed by atoms with Gasteiger partial charge in [0, 0.05) is 18.5 Å². The maximum Gasteiger partial charge on any atom is 0.303 e. The molecule has 0 bridgehead atoms. The van der Waals surface area contributed by atoms with Crippen LogP contribution in [0.4, 0.5) is 0 Å². The van der Waals surface area contributed by atoms with Crippen LogP contribution >= 0.6 is 0 Å². The molecule has 0 aromatic heterocycles. The van der Waals surface area contributed by atoms with Gasteiger partial charge in [-0.2, -0.15) is 0 Å². The molecule has 0 aromatic rings. The molecule has 4 N–H and O–H groups in total. The Kier molecular flexibility index (Phi) is 5.19. The zero-order chi connectivity index (χ0) is 12.1. The highest BCUT2D eigenvalue weighted by Gasteiger charge is 2.22. The summed E-state index contributed by atoms with van der Waals surface area (Å²) in [7, 11) is -3.44. The Balaban J connectivity index is 4.15. The highest BCUT2D eigenvalue weighted by Crippen LogP contribution is 2.03. The molecule has 0 rings (SSSR count). The number of rotatable bonds is 7. The van der Waals surface area contributed by atoms with Crippen molar-refractivity contribution < 1.29 is 18.3 Å². The molecule has 0 spiro atoms. The predicted molar refractivity (Wildman–Crippen MR) is 56.9 cm³/mol. The first-order chi connectivity index (χ1) is 6.68. The monoisotopic (exact) mass is 238 g/mol. The Hall–Kier alpha value is -0.660. The number of nitrogens with two attached hydrogens (primary N) is 1. The molecule has 0 unspecified atom stereocenters. The first-order valence-electron chi connectivity index (χ1n) is 4.62. The zero-order valence-electron chi connectivity index (χ0n) is 8.99. The minimum absolute atomic E-state index is 0.102. The molecule has 0 aromatic carbocycles. The SMILES string of the molecule is CC(C)(CN)NS(=O)(=O)CCCC(=O)O. The maximum absolute atomic E-state index is 11.4. The van der Waals surface area contributed by atoms with Crippen LogP contribution in [0.25, 0.3) is 0 Å². The summed E-state index contributed by atoms with van der Waals surface area (Å²) in [6.45, 7) is 3.52. The van der Waals surface area contributed by atoms with Gasteiger partial charge in [-0.1, -0.05) is 0 Å². The van der Waals surface area contributed by atoms with E-state index in [0.717, 1.165) is 0 Å². The van der Waals surface area contributed by atoms with E-state index in [1.807, 2.05) is 0 Å². The number of sulfonamides is 1. The molecule has 0 aliphatic heterocycles. The fraction of sp³-hybridized carbons (Fsp3) is 0.875. The van der Waals surface area contributed by atoms with Crippen LogP contribution in [0.5, 0.6) is 0 Å². The molecule has 15 heavy (non-hydrogen) atoms. The van der Waals surface area contributed by atoms with E-state index in [0.29, 0.717) is 0 Å². The van der Waals surface area contributed by atoms with E-state index in [1.165, 1.54) is 0 Å². The summed E-state index contributed by atoms with van der Waals surface area (Å²) in [6, 6.07) is 0. The van der Waals surface area contributed by atoms with E-state index in [2.05, 4.69) is 4.72 Å². The standard InChI is InChI=1S/C8H18N2O4S/c1-8(2,6-9)10-15(13,14)5-3-4-7(11)12/h10H,3-6,9H2,1-2H3,(H,11,12). The Morgan fingerprint density at radius 3 is 2.40 bits per heavy atom. The Bertz CT molecular complexity index is 311. The van der Waals surface area contributed by atoms with E-state index in [9.17, 15) is 13.2 Å². The third-order valence-corrected chi connectivity index (χ3v) is 3.44. The van der Waals surface area contributed by atoms with Gasteiger partial charge in [0.15, 0.2) is 0 Å². The number of hydrogen-bond acceptors (Lipinski definition) is 4. The van der Waals surface area contributed by atoms with Crippen molar-refractivity contribution in [1.82, 2.24) is 4.72 Å². The number of aliphatic carboxylic acids is 1. The smallest absolute Gasteiger partial charge is 0.303 e. The fourth-order valence-corrected chi connectivity index (χ4v) is 2.48. The summed E-state index contributed by atoms with van der Waals surface area (Å²) in [5.41, 5.74) is 4.68. The third-order valence-electron chi connectivity index (χ3n) is 1.75. The predicted octanol–water partition coefficient (Wildman–Crippen LogP) is -0.492. The van der Waals surface area contributed by atoms with Gasteiger partial charge in [0.2, 0.25) is 10.0 Å². The van der Waals surface area contributed by atoms with Gasteiger partial charge in [0.1, 0.15) is 0 Å². The molecule has 7 heteroatoms. The first kappa shape index (κ1) is 14.3. The number of nitrogens with one attached hydrogen (secondary N) is 1. The molecule has 0 amide bonds. The molecular weight excluding hydrogens is 220 g/mol. The molecule has 0 aliphatic rings. The summed E-state index contributed by atoms with van der Waals surface area (Å²) in [6.07, 6.45) is -0.0463. The Labute approximate surface area is 89.9 Å². The summed E-state index contributed by atoms with van der Waals surface area (Å²) in [5.74, 6) is -1.19. The summed E-state index contributed by atoms with van der Waals surface area (Å²) < 4.78 is 25.3. The van der Waals surface area contributed by atoms with Crippen molar-refractivity contribution in [3.8, 4) is 0 Å². The lowest BCUT2D eigenvalue weighted by Crippen LogP contribution is -2.49. The van der Waals surface area contributed by atoms with Gasteiger partial charge in [-0.15, -0.1) is 0 Å². The van der Waals surface area contributed by atoms with E-state index in [4.69, 9.17) is 10.8 Å². The van der Waals surface area contributed by atoms with Crippen LogP contribution in [0.2, 0.25) is 0 Å². The fourth-order valence-electron chi connectivity index (χ4n) is 0.927. The average Bonchev–Trinajstić information content (AvgIpc) is 2.01. The quantitative estimate of drug-likeness (QED) is 0.554. The molecule has 0 aliphatic carbocycles. The summed E-state index contributed by atoms with van der Waals surface area (Å²) in [4.78, 5) is 10.2. The number of carboxylic acid groups (broad SMARTS) is 1. The molecule has 90 valence electrons. The van der Waals surface area contributed by atoms with Crippen LogP contribution in [0.3, 0.4) is 0 Å². The average molecular weight is 238 g/mol. The van der Waals surface area contributed by atoms with Gasteiger partial charge in [-0.25, -0.2) is 13.1 Å². The van der Waals surface area contributed by atoms with Crippen LogP contribution in [0.15, 0.2) is 0 Å². The van der Waals surface area contributed by atoms with Crippen LogP contribution in [-0.4, -0.2) is 37.3 Å². The highest BCUT2D eigenvalue weighted by molar-refractivity contribution is 7.89. The van der Waals surface area contributed by atoms with E-state index in [-0.39, 0.29) is 25.1 Å². The second-order valence-corrected chi connectivity index (χ2v) is 5.85. The summed E-state index contributed by atoms with van der Waals surface area (Å²) in [5, 5.41) is 8.35. The zero-order valence-corrected chi connectivity index (χ0v) is 9.80. The second-order valence-electron chi connectivity index (χ2n) is 4.01. The molecule has 0 heterocycles. The van der Waals surface area contributed by atoms with Crippen molar-refractivity contribution in [2.24, 2.45) is 5.73 Å². The van der Waals surface area contributed by atoms with Gasteiger partial charge in [0.25, 0.3) is 0 Å². The van der Waals surface area contributed by atoms with Gasteiger partial charge in [-0.3, -0.25) is 4.79 Å². The lowest BCUT2D eigenvalue weighted by Gasteiger charge is -2.23. The van der Waals surface area contributed by atoms with E-state index >= 15 is 0 Å². The Morgan fingerprint density at radius 1 is 1.47 bits per heavy atom. The molecule has 0 fully saturated rings. The highest BCUT2D eigenvalue weighted by atomic mass is 32.2. The van der Waals surface area contributed by atoms with Crippen LogP contribution < -0.4 is 10.5 Å². The van der Waals surface area contributed by atoms with Crippen molar-refractivity contribution in [2.45, 2.75) is 32.2 Å². The maximum atomic E-state index is 11.4. The van der Waals surface area contributed by atoms with Crippen molar-refractivity contribution in [2.75, 3.05) is 12.3 Å². The number of hydrogen-bond donors (Lipinski definition) is 3. The Morgan fingerprint density at radius 2 is 2.00 bits per heavy atom. The molecular formula is C8H18N2O4S. The third kappa shape index (κ3) is 7.29. The van der Waals surface area contributed by atoms with Crippen LogP contribution in [-0.2, 0) is 14.8 Å². The lowest BCUT2D eigenvalue weighted by molar-refractivity contribution is -0.137. The van der Waals surface area contributed by atoms with Crippen LogP contribution in [0.1, 0.15) is 26.7 Å². The van der Waals surface area contributed by atoms with Crippen LogP contribution in [0, 0.1) is 0 Å². The van der Waals surface area contributed by atoms with Crippen molar-refractivity contribution in [1.29, 1.82) is 0 Å². The first-order valence-corrected chi connectivity index (χ1v) is 6.27. The molecule has 6 nitrogen and oxygen atoms in total. The van der Waals surface area contributed by atoms with Gasteiger partial charge in [-0.05, 0) is 20.3 Å². The van der Waals surface area contributed by atoms with Crippen molar-refractivity contribution in [3.63, 3.8) is 0 Å². The second kappa shape index (κ2) is 5.43. The minimum atomic E-state index is -3.44. The summed E-state index contributed by atoms with van der Waals surface area (Å²) >= 11 is 0. The van der Waals surface area contributed by atoms with E-state index < -0.39 is 21.5 Å². The molecule has 0 saturated heterocycles. The number of carboxylic acids is 1. The normalized spacial score (nSPS) is 12.7. The van der Waals surface area contributed by atoms with Crippen molar-refractivity contribution >= 4 is 16.0 Å². The van der Waals surface area contributed by atoms with Gasteiger partial charge >= 0.3 is 5.97 Å². The molecule has 0 atom stereocenters. The molecule has 0 radical (unpaired) electrons. The topological polar surface area (TPSA) is 109 Å². The lowest BCUT2D eigenvalue weighted by atomic mass is 10.1. The van der Waals surface area contributed by atoms with Crippen molar-refractivity contribution in [3.05, 3.63) is 0 Å². The van der Waals surface area contributed by atoms with E-state index in [1.54, 1.807) is 13.8 Å². The van der Waals surface area contributed by atoms with Gasteiger partial charge < -0.3 is 10.8 Å².